The first-order valence-corrected chi connectivity index (χ1v) is 10.1. The van der Waals surface area contributed by atoms with Gasteiger partial charge in [-0.05, 0) is 45.3 Å². The van der Waals surface area contributed by atoms with E-state index in [1.807, 2.05) is 59.8 Å². The second kappa shape index (κ2) is 9.72. The maximum atomic E-state index is 6.06. The topological polar surface area (TPSA) is 49.3 Å². The summed E-state index contributed by atoms with van der Waals surface area (Å²) in [6.45, 7) is 16.4. The van der Waals surface area contributed by atoms with Crippen LogP contribution in [0.5, 0.6) is 0 Å². The first kappa shape index (κ1) is 22.7. The third kappa shape index (κ3) is 5.46. The second-order valence-electron chi connectivity index (χ2n) is 7.95. The molecular weight excluding hydrogens is 353 g/mol. The standard InChI is InChI=1S/C20H28BNO4.C2H6/c1-6-22-18-8-7-17(21-25-15(2)19(3,4)26-21)11-16(18)9-10-23-12-20(5)13-24-14-20;1-2/h6-11,15H,12-14H2,1-5H3;1-2H3/b10-9+,22-6?;. The molecule has 2 heterocycles. The van der Waals surface area contributed by atoms with Crippen LogP contribution in [0.4, 0.5) is 5.69 Å². The molecule has 2 saturated heterocycles. The van der Waals surface area contributed by atoms with E-state index < -0.39 is 0 Å². The minimum absolute atomic E-state index is 0.0357. The van der Waals surface area contributed by atoms with Gasteiger partial charge in [0.05, 0.1) is 43.5 Å². The van der Waals surface area contributed by atoms with Crippen molar-refractivity contribution in [1.29, 1.82) is 0 Å². The van der Waals surface area contributed by atoms with E-state index in [0.29, 0.717) is 6.61 Å². The van der Waals surface area contributed by atoms with Crippen LogP contribution in [-0.4, -0.2) is 44.9 Å². The molecule has 1 aromatic rings. The summed E-state index contributed by atoms with van der Waals surface area (Å²) in [7, 11) is -0.362. The lowest BCUT2D eigenvalue weighted by Crippen LogP contribution is -2.43. The summed E-state index contributed by atoms with van der Waals surface area (Å²) in [5.41, 5.74) is 2.67. The summed E-state index contributed by atoms with van der Waals surface area (Å²) in [6.07, 6.45) is 5.50. The van der Waals surface area contributed by atoms with E-state index >= 15 is 0 Å². The van der Waals surface area contributed by atoms with Gasteiger partial charge in [-0.1, -0.05) is 32.9 Å². The third-order valence-corrected chi connectivity index (χ3v) is 4.99. The van der Waals surface area contributed by atoms with Crippen molar-refractivity contribution in [3.63, 3.8) is 0 Å². The van der Waals surface area contributed by atoms with Crippen molar-refractivity contribution in [2.24, 2.45) is 10.4 Å². The molecule has 2 aliphatic heterocycles. The molecule has 0 radical (unpaired) electrons. The Morgan fingerprint density at radius 2 is 1.96 bits per heavy atom. The molecule has 6 heteroatoms. The summed E-state index contributed by atoms with van der Waals surface area (Å²) < 4.78 is 23.0. The lowest BCUT2D eigenvalue weighted by atomic mass is 9.78. The number of ether oxygens (including phenoxy) is 2. The van der Waals surface area contributed by atoms with Crippen molar-refractivity contribution in [3.05, 3.63) is 30.0 Å². The number of benzene rings is 1. The number of hydrogen-bond acceptors (Lipinski definition) is 5. The molecule has 28 heavy (non-hydrogen) atoms. The second-order valence-corrected chi connectivity index (χ2v) is 7.95. The number of aliphatic imine (C=N–C) groups is 1. The van der Waals surface area contributed by atoms with Gasteiger partial charge in [-0.2, -0.15) is 0 Å². The molecule has 1 aromatic carbocycles. The van der Waals surface area contributed by atoms with E-state index in [-0.39, 0.29) is 24.2 Å². The molecule has 1 atom stereocenters. The van der Waals surface area contributed by atoms with Gasteiger partial charge in [0.15, 0.2) is 0 Å². The van der Waals surface area contributed by atoms with Gasteiger partial charge < -0.3 is 18.8 Å². The molecule has 0 N–H and O–H groups in total. The number of hydrogen-bond donors (Lipinski definition) is 0. The maximum absolute atomic E-state index is 6.06. The molecule has 0 saturated carbocycles. The first-order chi connectivity index (χ1) is 13.3. The van der Waals surface area contributed by atoms with Gasteiger partial charge in [0, 0.05) is 17.2 Å². The zero-order valence-corrected chi connectivity index (χ0v) is 18.3. The van der Waals surface area contributed by atoms with Crippen LogP contribution in [0.1, 0.15) is 54.0 Å². The Bertz CT molecular complexity index is 698. The molecule has 0 amide bonds. The van der Waals surface area contributed by atoms with E-state index in [0.717, 1.165) is 29.9 Å². The minimum Gasteiger partial charge on any atom is -0.500 e. The van der Waals surface area contributed by atoms with Crippen LogP contribution in [0.3, 0.4) is 0 Å². The van der Waals surface area contributed by atoms with Crippen LogP contribution < -0.4 is 5.46 Å². The van der Waals surface area contributed by atoms with E-state index in [4.69, 9.17) is 18.8 Å². The predicted molar refractivity (Wildman–Crippen MR) is 117 cm³/mol. The average Bonchev–Trinajstić information content (AvgIpc) is 2.93. The summed E-state index contributed by atoms with van der Waals surface area (Å²) in [5.74, 6) is 0. The Morgan fingerprint density at radius 1 is 1.25 bits per heavy atom. The van der Waals surface area contributed by atoms with Crippen LogP contribution in [0.15, 0.2) is 29.5 Å². The smallest absolute Gasteiger partial charge is 0.494 e. The first-order valence-electron chi connectivity index (χ1n) is 10.1. The highest BCUT2D eigenvalue weighted by molar-refractivity contribution is 6.62. The van der Waals surface area contributed by atoms with Crippen LogP contribution in [0.2, 0.25) is 0 Å². The molecule has 2 aliphatic rings. The minimum atomic E-state index is -0.362. The van der Waals surface area contributed by atoms with Crippen molar-refractivity contribution in [2.45, 2.75) is 60.2 Å². The van der Waals surface area contributed by atoms with E-state index in [2.05, 4.69) is 18.0 Å². The van der Waals surface area contributed by atoms with Crippen molar-refractivity contribution < 1.29 is 18.8 Å². The lowest BCUT2D eigenvalue weighted by molar-refractivity contribution is -0.126. The lowest BCUT2D eigenvalue weighted by Gasteiger charge is -2.37. The quantitative estimate of drug-likeness (QED) is 0.413. The molecule has 0 aliphatic carbocycles. The molecule has 0 aromatic heterocycles. The highest BCUT2D eigenvalue weighted by Gasteiger charge is 2.43. The molecule has 154 valence electrons. The van der Waals surface area contributed by atoms with Gasteiger partial charge in [-0.15, -0.1) is 0 Å². The predicted octanol–water partition coefficient (Wildman–Crippen LogP) is 4.37. The van der Waals surface area contributed by atoms with Gasteiger partial charge in [0.25, 0.3) is 0 Å². The SMILES string of the molecule is CC.CC=Nc1ccc(B2OC(C)C(C)(C)O2)cc1/C=C/OCC1(C)COC1. The highest BCUT2D eigenvalue weighted by atomic mass is 16.7. The maximum Gasteiger partial charge on any atom is 0.494 e. The van der Waals surface area contributed by atoms with Crippen LogP contribution in [0, 0.1) is 5.41 Å². The fourth-order valence-electron chi connectivity index (χ4n) is 2.91. The third-order valence-electron chi connectivity index (χ3n) is 4.99. The fourth-order valence-corrected chi connectivity index (χ4v) is 2.91. The van der Waals surface area contributed by atoms with Gasteiger partial charge in [-0.3, -0.25) is 4.99 Å². The molecular formula is C22H34BNO4. The largest absolute Gasteiger partial charge is 0.500 e. The van der Waals surface area contributed by atoms with Crippen LogP contribution >= 0.6 is 0 Å². The number of rotatable bonds is 6. The Balaban J connectivity index is 0.00000136. The summed E-state index contributed by atoms with van der Waals surface area (Å²) in [5, 5.41) is 0. The molecule has 3 rings (SSSR count). The Labute approximate surface area is 170 Å². The van der Waals surface area contributed by atoms with Gasteiger partial charge in [0.1, 0.15) is 0 Å². The molecule has 5 nitrogen and oxygen atoms in total. The molecule has 2 fully saturated rings. The molecule has 0 spiro atoms. The monoisotopic (exact) mass is 387 g/mol. The number of nitrogens with zero attached hydrogens (tertiary/aromatic N) is 1. The summed E-state index contributed by atoms with van der Waals surface area (Å²) >= 11 is 0. The zero-order chi connectivity index (χ0) is 20.8. The van der Waals surface area contributed by atoms with Gasteiger partial charge in [0.2, 0.25) is 0 Å². The van der Waals surface area contributed by atoms with E-state index in [9.17, 15) is 0 Å². The average molecular weight is 387 g/mol. The highest BCUT2D eigenvalue weighted by Crippen LogP contribution is 2.29. The van der Waals surface area contributed by atoms with Crippen molar-refractivity contribution in [2.75, 3.05) is 19.8 Å². The van der Waals surface area contributed by atoms with Crippen molar-refractivity contribution in [1.82, 2.24) is 0 Å². The van der Waals surface area contributed by atoms with Crippen molar-refractivity contribution >= 4 is 30.6 Å². The Hall–Kier alpha value is -1.63. The molecule has 1 unspecified atom stereocenters. The van der Waals surface area contributed by atoms with Crippen LogP contribution in [0.25, 0.3) is 6.08 Å². The summed E-state index contributed by atoms with van der Waals surface area (Å²) in [6, 6.07) is 6.04. The van der Waals surface area contributed by atoms with Gasteiger partial charge >= 0.3 is 7.12 Å². The van der Waals surface area contributed by atoms with E-state index in [1.165, 1.54) is 0 Å². The van der Waals surface area contributed by atoms with Crippen LogP contribution in [-0.2, 0) is 18.8 Å². The van der Waals surface area contributed by atoms with E-state index in [1.54, 1.807) is 12.5 Å². The van der Waals surface area contributed by atoms with Crippen molar-refractivity contribution in [3.8, 4) is 0 Å². The Morgan fingerprint density at radius 3 is 2.50 bits per heavy atom. The fraction of sp³-hybridized carbons (Fsp3) is 0.591. The Kier molecular flexibility index (Phi) is 7.87. The summed E-state index contributed by atoms with van der Waals surface area (Å²) in [4.78, 5) is 4.44. The molecule has 0 bridgehead atoms. The zero-order valence-electron chi connectivity index (χ0n) is 18.3. The van der Waals surface area contributed by atoms with Gasteiger partial charge in [-0.25, -0.2) is 0 Å². The normalized spacial score (nSPS) is 22.8.